The highest BCUT2D eigenvalue weighted by Crippen LogP contribution is 2.52. The molecule has 182 valence electrons. The molecular formula is C27H28N2O6. The Bertz CT molecular complexity index is 1290. The van der Waals surface area contributed by atoms with Gasteiger partial charge in [0.2, 0.25) is 11.8 Å². The minimum Gasteiger partial charge on any atom is -0.480 e. The van der Waals surface area contributed by atoms with Gasteiger partial charge in [0.1, 0.15) is 11.3 Å². The maximum atomic E-state index is 14.0. The average molecular weight is 477 g/mol. The van der Waals surface area contributed by atoms with E-state index in [0.29, 0.717) is 29.9 Å². The van der Waals surface area contributed by atoms with Gasteiger partial charge in [-0.3, -0.25) is 19.7 Å². The number of aryl methyl sites for hydroxylation is 2. The molecule has 3 aromatic rings. The molecule has 3 N–H and O–H groups in total. The van der Waals surface area contributed by atoms with E-state index in [-0.39, 0.29) is 0 Å². The molecule has 5 atom stereocenters. The van der Waals surface area contributed by atoms with E-state index in [2.05, 4.69) is 5.32 Å². The maximum absolute atomic E-state index is 14.0. The number of aliphatic hydroxyl groups is 1. The van der Waals surface area contributed by atoms with Crippen LogP contribution in [0.4, 0.5) is 5.69 Å². The molecule has 0 aliphatic carbocycles. The molecular weight excluding hydrogens is 448 g/mol. The monoisotopic (exact) mass is 476 g/mol. The number of nitrogens with zero attached hydrogens (tertiary/aromatic N) is 1. The number of furan rings is 1. The number of carbonyl (C=O) groups is 3. The molecule has 35 heavy (non-hydrogen) atoms. The summed E-state index contributed by atoms with van der Waals surface area (Å²) in [6.45, 7) is 5.22. The van der Waals surface area contributed by atoms with Gasteiger partial charge in [0, 0.05) is 5.39 Å². The lowest BCUT2D eigenvalue weighted by molar-refractivity contribution is -0.154. The molecule has 1 aromatic heterocycles. The SMILES string of the molecule is CCc1cccc(CC)c1N1C(=O)C2C(c3cc4ccccc4o3)NC(C(=O)O)(C(C)O)C2C1=O. The number of aliphatic hydroxyl groups excluding tert-OH is 1. The van der Waals surface area contributed by atoms with Crippen molar-refractivity contribution in [2.24, 2.45) is 11.8 Å². The van der Waals surface area contributed by atoms with Gasteiger partial charge in [-0.05, 0) is 43.0 Å². The van der Waals surface area contributed by atoms with Gasteiger partial charge in [0.15, 0.2) is 5.54 Å². The quantitative estimate of drug-likeness (QED) is 0.467. The first-order valence-electron chi connectivity index (χ1n) is 11.9. The molecule has 3 heterocycles. The van der Waals surface area contributed by atoms with Crippen molar-refractivity contribution in [3.63, 3.8) is 0 Å². The number of hydrogen-bond donors (Lipinski definition) is 3. The third kappa shape index (κ3) is 3.17. The third-order valence-corrected chi connectivity index (χ3v) is 7.55. The van der Waals surface area contributed by atoms with Crippen molar-refractivity contribution >= 4 is 34.4 Å². The molecule has 8 heteroatoms. The van der Waals surface area contributed by atoms with Crippen LogP contribution in [0.3, 0.4) is 0 Å². The van der Waals surface area contributed by atoms with E-state index >= 15 is 0 Å². The number of fused-ring (bicyclic) bond motifs is 2. The van der Waals surface area contributed by atoms with E-state index in [9.17, 15) is 24.6 Å². The number of nitrogens with one attached hydrogen (secondary N) is 1. The molecule has 8 nitrogen and oxygen atoms in total. The number of hydrogen-bond acceptors (Lipinski definition) is 6. The largest absolute Gasteiger partial charge is 0.480 e. The summed E-state index contributed by atoms with van der Waals surface area (Å²) in [5.41, 5.74) is 0.720. The predicted octanol–water partition coefficient (Wildman–Crippen LogP) is 3.21. The minimum atomic E-state index is -2.05. The summed E-state index contributed by atoms with van der Waals surface area (Å²) in [5.74, 6) is -4.50. The second kappa shape index (κ2) is 8.32. The van der Waals surface area contributed by atoms with Gasteiger partial charge in [0.25, 0.3) is 0 Å². The number of carbonyl (C=O) groups excluding carboxylic acids is 2. The summed E-state index contributed by atoms with van der Waals surface area (Å²) in [5, 5.41) is 24.8. The smallest absolute Gasteiger partial charge is 0.327 e. The van der Waals surface area contributed by atoms with Gasteiger partial charge in [0.05, 0.1) is 29.7 Å². The highest BCUT2D eigenvalue weighted by atomic mass is 16.4. The highest BCUT2D eigenvalue weighted by Gasteiger charge is 2.71. The predicted molar refractivity (Wildman–Crippen MR) is 129 cm³/mol. The number of carboxylic acid groups (broad SMARTS) is 1. The normalized spacial score (nSPS) is 27.0. The molecule has 0 spiro atoms. The van der Waals surface area contributed by atoms with E-state index in [1.54, 1.807) is 12.1 Å². The van der Waals surface area contributed by atoms with Crippen molar-refractivity contribution in [2.75, 3.05) is 4.90 Å². The van der Waals surface area contributed by atoms with Crippen LogP contribution in [-0.4, -0.2) is 39.6 Å². The third-order valence-electron chi connectivity index (χ3n) is 7.55. The maximum Gasteiger partial charge on any atom is 0.327 e. The number of amides is 2. The fraction of sp³-hybridized carbons (Fsp3) is 0.370. The van der Waals surface area contributed by atoms with Crippen molar-refractivity contribution in [1.82, 2.24) is 5.32 Å². The van der Waals surface area contributed by atoms with Crippen LogP contribution in [-0.2, 0) is 27.2 Å². The Hall–Kier alpha value is -3.49. The van der Waals surface area contributed by atoms with Crippen LogP contribution in [0.5, 0.6) is 0 Å². The van der Waals surface area contributed by atoms with Crippen molar-refractivity contribution in [3.05, 3.63) is 65.4 Å². The zero-order chi connectivity index (χ0) is 25.1. The number of anilines is 1. The molecule has 5 rings (SSSR count). The van der Waals surface area contributed by atoms with Crippen molar-refractivity contribution in [3.8, 4) is 0 Å². The zero-order valence-electron chi connectivity index (χ0n) is 19.8. The van der Waals surface area contributed by atoms with Crippen molar-refractivity contribution < 1.29 is 29.0 Å². The molecule has 2 aliphatic heterocycles. The second-order valence-corrected chi connectivity index (χ2v) is 9.31. The Balaban J connectivity index is 1.71. The summed E-state index contributed by atoms with van der Waals surface area (Å²) < 4.78 is 6.01. The van der Waals surface area contributed by atoms with E-state index in [4.69, 9.17) is 4.42 Å². The molecule has 2 fully saturated rings. The minimum absolute atomic E-state index is 0.354. The van der Waals surface area contributed by atoms with Gasteiger partial charge in [-0.2, -0.15) is 0 Å². The molecule has 2 amide bonds. The lowest BCUT2D eigenvalue weighted by Crippen LogP contribution is -2.62. The van der Waals surface area contributed by atoms with Gasteiger partial charge >= 0.3 is 5.97 Å². The lowest BCUT2D eigenvalue weighted by Gasteiger charge is -2.33. The number of imide groups is 1. The Labute approximate surface area is 202 Å². The Morgan fingerprint density at radius 1 is 1.09 bits per heavy atom. The van der Waals surface area contributed by atoms with E-state index in [1.807, 2.05) is 50.2 Å². The number of carboxylic acids is 1. The van der Waals surface area contributed by atoms with E-state index < -0.39 is 47.3 Å². The fourth-order valence-corrected chi connectivity index (χ4v) is 5.82. The molecule has 2 aliphatic rings. The van der Waals surface area contributed by atoms with Crippen molar-refractivity contribution in [2.45, 2.75) is 51.3 Å². The van der Waals surface area contributed by atoms with Gasteiger partial charge in [-0.25, -0.2) is 4.90 Å². The molecule has 0 radical (unpaired) electrons. The first-order valence-corrected chi connectivity index (χ1v) is 11.9. The van der Waals surface area contributed by atoms with Crippen LogP contribution in [0.15, 0.2) is 52.9 Å². The summed E-state index contributed by atoms with van der Waals surface area (Å²) in [6.07, 6.45) is -0.256. The summed E-state index contributed by atoms with van der Waals surface area (Å²) in [7, 11) is 0. The molecule has 0 bridgehead atoms. The Morgan fingerprint density at radius 2 is 1.74 bits per heavy atom. The molecule has 2 aromatic carbocycles. The Kier molecular flexibility index (Phi) is 5.53. The zero-order valence-corrected chi connectivity index (χ0v) is 19.8. The standard InChI is InChI=1S/C27H28N2O6/c1-4-15-10-8-11-16(5-2)23(15)29-24(31)20-21(25(29)32)27(14(3)30,26(33)34)28-22(20)19-13-17-9-6-7-12-18(17)35-19/h6-14,20-22,28,30H,4-5H2,1-3H3,(H,33,34). The Morgan fingerprint density at radius 3 is 2.31 bits per heavy atom. The summed E-state index contributed by atoms with van der Waals surface area (Å²) in [4.78, 5) is 41.8. The van der Waals surface area contributed by atoms with Crippen molar-refractivity contribution in [1.29, 1.82) is 0 Å². The number of aliphatic carboxylic acids is 1. The topological polar surface area (TPSA) is 120 Å². The van der Waals surface area contributed by atoms with Gasteiger partial charge in [-0.1, -0.05) is 50.2 Å². The van der Waals surface area contributed by atoms with Crippen LogP contribution in [0.1, 0.15) is 43.7 Å². The summed E-state index contributed by atoms with van der Waals surface area (Å²) in [6, 6.07) is 13.8. The number of para-hydroxylation sites is 2. The van der Waals surface area contributed by atoms with Crippen LogP contribution < -0.4 is 10.2 Å². The van der Waals surface area contributed by atoms with Crippen LogP contribution in [0, 0.1) is 11.8 Å². The van der Waals surface area contributed by atoms with E-state index in [0.717, 1.165) is 21.4 Å². The van der Waals surface area contributed by atoms with Crippen LogP contribution in [0.25, 0.3) is 11.0 Å². The first kappa shape index (κ1) is 23.3. The highest BCUT2D eigenvalue weighted by molar-refractivity contribution is 6.25. The van der Waals surface area contributed by atoms with Gasteiger partial charge in [-0.15, -0.1) is 0 Å². The first-order chi connectivity index (χ1) is 16.8. The average Bonchev–Trinajstić information content (AvgIpc) is 3.50. The lowest BCUT2D eigenvalue weighted by atomic mass is 9.77. The fourth-order valence-electron chi connectivity index (χ4n) is 5.82. The number of rotatable bonds is 6. The van der Waals surface area contributed by atoms with Crippen LogP contribution >= 0.6 is 0 Å². The second-order valence-electron chi connectivity index (χ2n) is 9.31. The number of benzene rings is 2. The summed E-state index contributed by atoms with van der Waals surface area (Å²) >= 11 is 0. The molecule has 0 saturated carbocycles. The van der Waals surface area contributed by atoms with E-state index in [1.165, 1.54) is 6.92 Å². The van der Waals surface area contributed by atoms with Gasteiger partial charge < -0.3 is 14.6 Å². The molecule has 2 saturated heterocycles. The van der Waals surface area contributed by atoms with Crippen LogP contribution in [0.2, 0.25) is 0 Å². The molecule has 5 unspecified atom stereocenters.